The number of nitrogens with two attached hydrogens (primary N) is 1. The predicted molar refractivity (Wildman–Crippen MR) is 48.8 cm³/mol. The second kappa shape index (κ2) is 4.34. The summed E-state index contributed by atoms with van der Waals surface area (Å²) in [5.74, 6) is 0. The van der Waals surface area contributed by atoms with Crippen LogP contribution in [-0.2, 0) is 0 Å². The maximum Gasteiger partial charge on any atom is -0.00624 e. The summed E-state index contributed by atoms with van der Waals surface area (Å²) < 4.78 is 0. The van der Waals surface area contributed by atoms with Crippen molar-refractivity contribution in [1.29, 1.82) is 0 Å². The minimum Gasteiger partial charge on any atom is -0.405 e. The van der Waals surface area contributed by atoms with E-state index in [0.717, 1.165) is 0 Å². The second-order valence-electron chi connectivity index (χ2n) is 2.15. The Hall–Kier alpha value is -1.50. The molecule has 1 rings (SSSR count). The van der Waals surface area contributed by atoms with Crippen molar-refractivity contribution in [3.63, 3.8) is 0 Å². The normalized spacial score (nSPS) is 11.3. The summed E-state index contributed by atoms with van der Waals surface area (Å²) in [6.07, 6.45) is 7.23. The molecule has 0 heterocycles. The van der Waals surface area contributed by atoms with E-state index in [1.165, 1.54) is 11.8 Å². The molecule has 0 saturated carbocycles. The van der Waals surface area contributed by atoms with Gasteiger partial charge in [0, 0.05) is 0 Å². The van der Waals surface area contributed by atoms with Crippen molar-refractivity contribution < 1.29 is 0 Å². The Morgan fingerprint density at radius 3 is 2.36 bits per heavy atom. The van der Waals surface area contributed by atoms with Gasteiger partial charge in [-0.15, -0.1) is 0 Å². The molecule has 2 N–H and O–H groups in total. The number of hydrogen-bond acceptors (Lipinski definition) is 1. The molecule has 0 aromatic heterocycles. The van der Waals surface area contributed by atoms with E-state index in [2.05, 4.69) is 0 Å². The van der Waals surface area contributed by atoms with Gasteiger partial charge in [-0.2, -0.15) is 0 Å². The van der Waals surface area contributed by atoms with Crippen molar-refractivity contribution in [2.45, 2.75) is 0 Å². The molecule has 0 spiro atoms. The van der Waals surface area contributed by atoms with E-state index in [9.17, 15) is 0 Å². The van der Waals surface area contributed by atoms with Crippen LogP contribution < -0.4 is 5.73 Å². The van der Waals surface area contributed by atoms with E-state index in [1.54, 1.807) is 6.08 Å². The third-order valence-corrected chi connectivity index (χ3v) is 1.31. The summed E-state index contributed by atoms with van der Waals surface area (Å²) in [6.45, 7) is 0. The first-order valence-corrected chi connectivity index (χ1v) is 3.53. The van der Waals surface area contributed by atoms with Crippen molar-refractivity contribution in [3.05, 3.63) is 54.2 Å². The Balaban J connectivity index is 2.64. The van der Waals surface area contributed by atoms with Crippen LogP contribution in [0.15, 0.2) is 48.7 Å². The number of hydrogen-bond donors (Lipinski definition) is 1. The average molecular weight is 145 g/mol. The third-order valence-electron chi connectivity index (χ3n) is 1.31. The minimum absolute atomic E-state index is 1.19. The van der Waals surface area contributed by atoms with E-state index in [0.29, 0.717) is 0 Å². The SMILES string of the molecule is N/C=C/C=C/c1ccccc1. The zero-order valence-corrected chi connectivity index (χ0v) is 6.27. The summed E-state index contributed by atoms with van der Waals surface area (Å²) in [4.78, 5) is 0. The summed E-state index contributed by atoms with van der Waals surface area (Å²) in [7, 11) is 0. The standard InChI is InChI=1S/C10H11N/c11-9-5-4-8-10-6-2-1-3-7-10/h1-9H,11H2/b8-4+,9-5+. The minimum atomic E-state index is 1.19. The Bertz CT molecular complexity index is 247. The van der Waals surface area contributed by atoms with Crippen LogP contribution in [0, 0.1) is 0 Å². The van der Waals surface area contributed by atoms with Gasteiger partial charge in [-0.3, -0.25) is 0 Å². The molecular formula is C10H11N. The van der Waals surface area contributed by atoms with Crippen LogP contribution in [0.3, 0.4) is 0 Å². The lowest BCUT2D eigenvalue weighted by Crippen LogP contribution is -1.72. The van der Waals surface area contributed by atoms with Gasteiger partial charge >= 0.3 is 0 Å². The Morgan fingerprint density at radius 1 is 1.00 bits per heavy atom. The van der Waals surface area contributed by atoms with Crippen LogP contribution in [0.1, 0.15) is 5.56 Å². The highest BCUT2D eigenvalue weighted by molar-refractivity contribution is 5.50. The monoisotopic (exact) mass is 145 g/mol. The van der Waals surface area contributed by atoms with E-state index < -0.39 is 0 Å². The maximum absolute atomic E-state index is 5.16. The molecule has 1 nitrogen and oxygen atoms in total. The lowest BCUT2D eigenvalue weighted by Gasteiger charge is -1.87. The number of rotatable bonds is 2. The highest BCUT2D eigenvalue weighted by Crippen LogP contribution is 2.00. The fourth-order valence-corrected chi connectivity index (χ4v) is 0.795. The van der Waals surface area contributed by atoms with Gasteiger partial charge in [0.25, 0.3) is 0 Å². The smallest absolute Gasteiger partial charge is 0.00624 e. The topological polar surface area (TPSA) is 26.0 Å². The fourth-order valence-electron chi connectivity index (χ4n) is 0.795. The van der Waals surface area contributed by atoms with Gasteiger partial charge in [-0.1, -0.05) is 42.5 Å². The summed E-state index contributed by atoms with van der Waals surface area (Å²) in [6, 6.07) is 10.1. The Labute approximate surface area is 66.9 Å². The molecule has 0 aliphatic rings. The van der Waals surface area contributed by atoms with Crippen molar-refractivity contribution in [2.24, 2.45) is 5.73 Å². The molecule has 0 fully saturated rings. The zero-order chi connectivity index (χ0) is 7.94. The molecule has 11 heavy (non-hydrogen) atoms. The van der Waals surface area contributed by atoms with Gasteiger partial charge in [0.05, 0.1) is 0 Å². The Morgan fingerprint density at radius 2 is 1.73 bits per heavy atom. The molecule has 0 amide bonds. The molecule has 1 heteroatoms. The lowest BCUT2D eigenvalue weighted by atomic mass is 10.2. The molecule has 56 valence electrons. The van der Waals surface area contributed by atoms with Gasteiger partial charge < -0.3 is 5.73 Å². The first-order chi connectivity index (χ1) is 5.43. The van der Waals surface area contributed by atoms with E-state index in [-0.39, 0.29) is 0 Å². The van der Waals surface area contributed by atoms with Crippen LogP contribution in [0.2, 0.25) is 0 Å². The molecular weight excluding hydrogens is 134 g/mol. The van der Waals surface area contributed by atoms with Crippen molar-refractivity contribution in [1.82, 2.24) is 0 Å². The predicted octanol–water partition coefficient (Wildman–Crippen LogP) is 2.17. The molecule has 0 unspecified atom stereocenters. The van der Waals surface area contributed by atoms with Gasteiger partial charge in [-0.05, 0) is 17.8 Å². The van der Waals surface area contributed by atoms with E-state index in [4.69, 9.17) is 5.73 Å². The number of allylic oxidation sites excluding steroid dienone is 2. The van der Waals surface area contributed by atoms with Gasteiger partial charge in [0.1, 0.15) is 0 Å². The van der Waals surface area contributed by atoms with Crippen LogP contribution in [0.4, 0.5) is 0 Å². The molecule has 1 aromatic carbocycles. The van der Waals surface area contributed by atoms with Crippen LogP contribution in [-0.4, -0.2) is 0 Å². The molecule has 0 saturated heterocycles. The van der Waals surface area contributed by atoms with Crippen molar-refractivity contribution >= 4 is 6.08 Å². The highest BCUT2D eigenvalue weighted by atomic mass is 14.5. The fraction of sp³-hybridized carbons (Fsp3) is 0. The second-order valence-corrected chi connectivity index (χ2v) is 2.15. The molecule has 0 atom stereocenters. The number of benzene rings is 1. The Kier molecular flexibility index (Phi) is 3.00. The molecule has 0 bridgehead atoms. The molecule has 1 aromatic rings. The third kappa shape index (κ3) is 2.72. The highest BCUT2D eigenvalue weighted by Gasteiger charge is 1.78. The summed E-state index contributed by atoms with van der Waals surface area (Å²) >= 11 is 0. The summed E-state index contributed by atoms with van der Waals surface area (Å²) in [5.41, 5.74) is 6.35. The van der Waals surface area contributed by atoms with Gasteiger partial charge in [0.15, 0.2) is 0 Å². The quantitative estimate of drug-likeness (QED) is 0.634. The lowest BCUT2D eigenvalue weighted by molar-refractivity contribution is 1.60. The average Bonchev–Trinajstić information content (AvgIpc) is 2.07. The van der Waals surface area contributed by atoms with Gasteiger partial charge in [0.2, 0.25) is 0 Å². The maximum atomic E-state index is 5.16. The molecule has 0 radical (unpaired) electrons. The zero-order valence-electron chi connectivity index (χ0n) is 6.27. The molecule has 0 aliphatic carbocycles. The van der Waals surface area contributed by atoms with Crippen LogP contribution in [0.25, 0.3) is 6.08 Å². The van der Waals surface area contributed by atoms with Crippen molar-refractivity contribution in [3.8, 4) is 0 Å². The van der Waals surface area contributed by atoms with Crippen LogP contribution >= 0.6 is 0 Å². The van der Waals surface area contributed by atoms with Crippen LogP contribution in [0.5, 0.6) is 0 Å². The van der Waals surface area contributed by atoms with Gasteiger partial charge in [-0.25, -0.2) is 0 Å². The largest absolute Gasteiger partial charge is 0.405 e. The summed E-state index contributed by atoms with van der Waals surface area (Å²) in [5, 5.41) is 0. The van der Waals surface area contributed by atoms with E-state index >= 15 is 0 Å². The van der Waals surface area contributed by atoms with Crippen molar-refractivity contribution in [2.75, 3.05) is 0 Å². The van der Waals surface area contributed by atoms with E-state index in [1.807, 2.05) is 42.5 Å². The first kappa shape index (κ1) is 7.61. The first-order valence-electron chi connectivity index (χ1n) is 3.53. The molecule has 0 aliphatic heterocycles.